The van der Waals surface area contributed by atoms with E-state index in [9.17, 15) is 0 Å². The molecule has 0 fully saturated rings. The lowest BCUT2D eigenvalue weighted by Gasteiger charge is -2.21. The summed E-state index contributed by atoms with van der Waals surface area (Å²) in [5.41, 5.74) is 14.5. The maximum Gasteiger partial charge on any atom is -0.00203 e. The number of fused-ring (bicyclic) bond motifs is 4. The quantitative estimate of drug-likeness (QED) is 0.0831. The van der Waals surface area contributed by atoms with Crippen LogP contribution in [0.4, 0.5) is 0 Å². The third-order valence-corrected chi connectivity index (χ3v) is 11.7. The van der Waals surface area contributed by atoms with Crippen LogP contribution < -0.4 is 0 Å². The molecule has 0 saturated carbocycles. The zero-order valence-corrected chi connectivity index (χ0v) is 31.8. The van der Waals surface area contributed by atoms with E-state index < -0.39 is 0 Å². The first-order chi connectivity index (χ1) is 28.2. The largest absolute Gasteiger partial charge is 0.0984 e. The van der Waals surface area contributed by atoms with Crippen molar-refractivity contribution in [3.05, 3.63) is 236 Å². The Bertz CT molecular complexity index is 3050. The Kier molecular flexibility index (Phi) is 8.66. The van der Waals surface area contributed by atoms with E-state index in [4.69, 9.17) is 0 Å². The van der Waals surface area contributed by atoms with Gasteiger partial charge >= 0.3 is 0 Å². The van der Waals surface area contributed by atoms with E-state index >= 15 is 0 Å². The maximum atomic E-state index is 4.36. The molecule has 0 saturated heterocycles. The molecular formula is C57H40. The second kappa shape index (κ2) is 14.4. The smallest absolute Gasteiger partial charge is 0.00203 e. The molecule has 1 aliphatic carbocycles. The number of hydrogen-bond acceptors (Lipinski definition) is 0. The molecule has 0 N–H and O–H groups in total. The van der Waals surface area contributed by atoms with Gasteiger partial charge in [-0.15, -0.1) is 0 Å². The summed E-state index contributed by atoms with van der Waals surface area (Å²) in [6, 6.07) is 64.3. The van der Waals surface area contributed by atoms with E-state index in [1.54, 1.807) is 0 Å². The first-order valence-corrected chi connectivity index (χ1v) is 19.7. The van der Waals surface area contributed by atoms with Crippen molar-refractivity contribution in [2.45, 2.75) is 6.42 Å². The molecule has 0 radical (unpaired) electrons. The Morgan fingerprint density at radius 3 is 1.33 bits per heavy atom. The number of hydrogen-bond donors (Lipinski definition) is 0. The fourth-order valence-corrected chi connectivity index (χ4v) is 9.27. The Hall–Kier alpha value is -7.28. The SMILES string of the molecule is C=C/C(=C(\C=C)c1c2ccccc2c(-c2cccc(-c3c4ccccc4c(-c4ccccc4C4=CC=CC4)c4ccccc34)c2)c2ccccc12)c1ccccc1. The second-order valence-electron chi connectivity index (χ2n) is 14.7. The van der Waals surface area contributed by atoms with E-state index in [-0.39, 0.29) is 0 Å². The molecule has 9 aromatic rings. The Labute approximate surface area is 334 Å². The molecule has 10 rings (SSSR count). The van der Waals surface area contributed by atoms with Crippen LogP contribution in [0.25, 0.3) is 93.2 Å². The molecule has 0 unspecified atom stereocenters. The lowest BCUT2D eigenvalue weighted by atomic mass is 9.82. The molecule has 9 aromatic carbocycles. The molecule has 57 heavy (non-hydrogen) atoms. The minimum absolute atomic E-state index is 0.954. The molecule has 0 bridgehead atoms. The van der Waals surface area contributed by atoms with Crippen LogP contribution in [0.1, 0.15) is 23.1 Å². The summed E-state index contributed by atoms with van der Waals surface area (Å²) < 4.78 is 0. The van der Waals surface area contributed by atoms with Crippen molar-refractivity contribution in [2.75, 3.05) is 0 Å². The van der Waals surface area contributed by atoms with Gasteiger partial charge in [-0.2, -0.15) is 0 Å². The van der Waals surface area contributed by atoms with Crippen LogP contribution in [0.5, 0.6) is 0 Å². The van der Waals surface area contributed by atoms with E-state index in [1.807, 2.05) is 12.2 Å². The van der Waals surface area contributed by atoms with Gasteiger partial charge in [0.2, 0.25) is 0 Å². The van der Waals surface area contributed by atoms with Gasteiger partial charge in [-0.25, -0.2) is 0 Å². The highest BCUT2D eigenvalue weighted by molar-refractivity contribution is 6.24. The monoisotopic (exact) mass is 724 g/mol. The van der Waals surface area contributed by atoms with E-state index in [1.165, 1.54) is 93.2 Å². The van der Waals surface area contributed by atoms with Crippen LogP contribution in [0.3, 0.4) is 0 Å². The van der Waals surface area contributed by atoms with Crippen LogP contribution in [-0.2, 0) is 0 Å². The van der Waals surface area contributed by atoms with Crippen LogP contribution in [0.2, 0.25) is 0 Å². The second-order valence-corrected chi connectivity index (χ2v) is 14.7. The van der Waals surface area contributed by atoms with Crippen molar-refractivity contribution < 1.29 is 0 Å². The molecule has 0 heterocycles. The molecule has 0 heteroatoms. The van der Waals surface area contributed by atoms with Gasteiger partial charge in [-0.1, -0.05) is 213 Å². The summed E-state index contributed by atoms with van der Waals surface area (Å²) in [5, 5.41) is 9.81. The summed E-state index contributed by atoms with van der Waals surface area (Å²) in [6.07, 6.45) is 11.6. The lowest BCUT2D eigenvalue weighted by molar-refractivity contribution is 1.43. The average Bonchev–Trinajstić information content (AvgIpc) is 3.82. The third kappa shape index (κ3) is 5.69. The Morgan fingerprint density at radius 1 is 0.404 bits per heavy atom. The van der Waals surface area contributed by atoms with Gasteiger partial charge in [0, 0.05) is 0 Å². The molecule has 0 spiro atoms. The fourth-order valence-electron chi connectivity index (χ4n) is 9.27. The topological polar surface area (TPSA) is 0 Å². The molecule has 0 amide bonds. The molecule has 0 aromatic heterocycles. The van der Waals surface area contributed by atoms with Crippen LogP contribution in [0, 0.1) is 0 Å². The highest BCUT2D eigenvalue weighted by atomic mass is 14.2. The van der Waals surface area contributed by atoms with Gasteiger partial charge in [0.05, 0.1) is 0 Å². The standard InChI is InChI=1S/C57H40/c1-3-42(38-21-6-5-7-22-38)43(4-2)56-50-33-16-12-29-46(50)54(47-30-13-17-34-51(47)56)40-25-20-26-41(37-40)55-48-31-14-18-35-52(48)57(53-36-19-15-32-49(53)55)45-28-11-10-27-44(45)39-23-8-9-24-39/h3-23,25-37H,1-2,24H2/b43-42-. The third-order valence-electron chi connectivity index (χ3n) is 11.7. The normalized spacial score (nSPS) is 12.9. The van der Waals surface area contributed by atoms with E-state index in [0.717, 1.165) is 23.1 Å². The van der Waals surface area contributed by atoms with Crippen molar-refractivity contribution in [2.24, 2.45) is 0 Å². The summed E-state index contributed by atoms with van der Waals surface area (Å²) >= 11 is 0. The van der Waals surface area contributed by atoms with Crippen molar-refractivity contribution in [1.82, 2.24) is 0 Å². The predicted molar refractivity (Wildman–Crippen MR) is 248 cm³/mol. The van der Waals surface area contributed by atoms with Gasteiger partial charge in [0.25, 0.3) is 0 Å². The first kappa shape index (κ1) is 34.2. The van der Waals surface area contributed by atoms with Gasteiger partial charge in [0.15, 0.2) is 0 Å². The Balaban J connectivity index is 1.24. The van der Waals surface area contributed by atoms with E-state index in [0.29, 0.717) is 0 Å². The molecular weight excluding hydrogens is 685 g/mol. The summed E-state index contributed by atoms with van der Waals surface area (Å²) in [5.74, 6) is 0. The fraction of sp³-hybridized carbons (Fsp3) is 0.0175. The highest BCUT2D eigenvalue weighted by Crippen LogP contribution is 2.48. The van der Waals surface area contributed by atoms with Crippen molar-refractivity contribution in [3.8, 4) is 33.4 Å². The number of benzene rings is 9. The zero-order valence-electron chi connectivity index (χ0n) is 31.8. The lowest BCUT2D eigenvalue weighted by Crippen LogP contribution is -1.96. The van der Waals surface area contributed by atoms with Crippen LogP contribution in [0.15, 0.2) is 219 Å². The van der Waals surface area contributed by atoms with Crippen molar-refractivity contribution in [1.29, 1.82) is 0 Å². The minimum Gasteiger partial charge on any atom is -0.0984 e. The van der Waals surface area contributed by atoms with E-state index in [2.05, 4.69) is 207 Å². The van der Waals surface area contributed by atoms with Crippen LogP contribution in [-0.4, -0.2) is 0 Å². The Morgan fingerprint density at radius 2 is 0.842 bits per heavy atom. The molecule has 0 atom stereocenters. The summed E-state index contributed by atoms with van der Waals surface area (Å²) in [4.78, 5) is 0. The van der Waals surface area contributed by atoms with Gasteiger partial charge in [-0.3, -0.25) is 0 Å². The van der Waals surface area contributed by atoms with Crippen LogP contribution >= 0.6 is 0 Å². The molecule has 1 aliphatic rings. The average molecular weight is 725 g/mol. The molecule has 0 nitrogen and oxygen atoms in total. The zero-order chi connectivity index (χ0) is 38.3. The predicted octanol–water partition coefficient (Wildman–Crippen LogP) is 15.9. The van der Waals surface area contributed by atoms with Gasteiger partial charge < -0.3 is 0 Å². The molecule has 268 valence electrons. The van der Waals surface area contributed by atoms with Gasteiger partial charge in [0.1, 0.15) is 0 Å². The minimum atomic E-state index is 0.954. The van der Waals surface area contributed by atoms with Crippen molar-refractivity contribution in [3.63, 3.8) is 0 Å². The highest BCUT2D eigenvalue weighted by Gasteiger charge is 2.22. The van der Waals surface area contributed by atoms with Gasteiger partial charge in [-0.05, 0) is 122 Å². The summed E-state index contributed by atoms with van der Waals surface area (Å²) in [6.45, 7) is 8.63. The molecule has 0 aliphatic heterocycles. The first-order valence-electron chi connectivity index (χ1n) is 19.7. The maximum absolute atomic E-state index is 4.36. The number of rotatable bonds is 8. The number of allylic oxidation sites excluding steroid dienone is 8. The van der Waals surface area contributed by atoms with Crippen molar-refractivity contribution >= 4 is 59.8 Å². The summed E-state index contributed by atoms with van der Waals surface area (Å²) in [7, 11) is 0.